The van der Waals surface area contributed by atoms with Crippen LogP contribution in [-0.2, 0) is 4.74 Å². The fourth-order valence-corrected chi connectivity index (χ4v) is 2.20. The summed E-state index contributed by atoms with van der Waals surface area (Å²) in [5.41, 5.74) is 0.564. The number of nitrogens with zero attached hydrogens (tertiary/aromatic N) is 1. The first kappa shape index (κ1) is 13.9. The quantitative estimate of drug-likeness (QED) is 0.738. The van der Waals surface area contributed by atoms with Crippen LogP contribution in [0.1, 0.15) is 30.1 Å². The van der Waals surface area contributed by atoms with Crippen molar-refractivity contribution in [1.82, 2.24) is 4.90 Å². The molecule has 1 aliphatic heterocycles. The molecule has 0 aliphatic carbocycles. The second-order valence-corrected chi connectivity index (χ2v) is 4.64. The van der Waals surface area contributed by atoms with Crippen molar-refractivity contribution in [3.8, 4) is 5.75 Å². The highest BCUT2D eigenvalue weighted by Gasteiger charge is 2.11. The van der Waals surface area contributed by atoms with Gasteiger partial charge < -0.3 is 9.47 Å². The zero-order valence-electron chi connectivity index (χ0n) is 11.4. The van der Waals surface area contributed by atoms with Crippen molar-refractivity contribution in [1.29, 1.82) is 0 Å². The van der Waals surface area contributed by atoms with E-state index in [2.05, 4.69) is 4.90 Å². The largest absolute Gasteiger partial charge is 0.492 e. The van der Waals surface area contributed by atoms with Gasteiger partial charge in [-0.1, -0.05) is 0 Å². The molecular formula is C15H21NO3. The number of benzene rings is 1. The van der Waals surface area contributed by atoms with Crippen LogP contribution in [0.15, 0.2) is 24.3 Å². The van der Waals surface area contributed by atoms with Crippen molar-refractivity contribution in [2.45, 2.75) is 19.8 Å². The van der Waals surface area contributed by atoms with Crippen LogP contribution in [-0.4, -0.2) is 43.7 Å². The lowest BCUT2D eigenvalue weighted by molar-refractivity contribution is 0.0526. The first-order valence-electron chi connectivity index (χ1n) is 6.92. The van der Waals surface area contributed by atoms with Gasteiger partial charge in [0.1, 0.15) is 12.4 Å². The van der Waals surface area contributed by atoms with Gasteiger partial charge in [0, 0.05) is 6.54 Å². The van der Waals surface area contributed by atoms with Crippen LogP contribution in [0.4, 0.5) is 0 Å². The Labute approximate surface area is 114 Å². The molecule has 19 heavy (non-hydrogen) atoms. The van der Waals surface area contributed by atoms with Gasteiger partial charge in [-0.25, -0.2) is 4.79 Å². The van der Waals surface area contributed by atoms with Gasteiger partial charge in [0.2, 0.25) is 0 Å². The Morgan fingerprint density at radius 3 is 2.53 bits per heavy atom. The van der Waals surface area contributed by atoms with E-state index in [4.69, 9.17) is 9.47 Å². The summed E-state index contributed by atoms with van der Waals surface area (Å²) in [4.78, 5) is 13.9. The maximum atomic E-state index is 11.5. The molecule has 4 heteroatoms. The maximum Gasteiger partial charge on any atom is 0.338 e. The minimum Gasteiger partial charge on any atom is -0.492 e. The van der Waals surface area contributed by atoms with E-state index in [0.29, 0.717) is 18.8 Å². The SMILES string of the molecule is CCOC(=O)c1ccc(OCCN2CCCC2)cc1. The summed E-state index contributed by atoms with van der Waals surface area (Å²) < 4.78 is 10.6. The van der Waals surface area contributed by atoms with Crippen molar-refractivity contribution in [2.75, 3.05) is 32.8 Å². The smallest absolute Gasteiger partial charge is 0.338 e. The third-order valence-electron chi connectivity index (χ3n) is 3.24. The Bertz CT molecular complexity index is 396. The molecule has 1 heterocycles. The standard InChI is InChI=1S/C15H21NO3/c1-2-18-15(17)13-5-7-14(8-6-13)19-12-11-16-9-3-4-10-16/h5-8H,2-4,9-12H2,1H3. The van der Waals surface area contributed by atoms with E-state index in [9.17, 15) is 4.79 Å². The van der Waals surface area contributed by atoms with Crippen LogP contribution in [0.25, 0.3) is 0 Å². The van der Waals surface area contributed by atoms with Gasteiger partial charge >= 0.3 is 5.97 Å². The van der Waals surface area contributed by atoms with Gasteiger partial charge in [-0.2, -0.15) is 0 Å². The average Bonchev–Trinajstić information content (AvgIpc) is 2.93. The Balaban J connectivity index is 1.76. The molecule has 0 spiro atoms. The molecule has 4 nitrogen and oxygen atoms in total. The summed E-state index contributed by atoms with van der Waals surface area (Å²) in [6.45, 7) is 6.23. The Hall–Kier alpha value is -1.55. The highest BCUT2D eigenvalue weighted by molar-refractivity contribution is 5.89. The van der Waals surface area contributed by atoms with Gasteiger partial charge in [-0.3, -0.25) is 4.90 Å². The van der Waals surface area contributed by atoms with Crippen molar-refractivity contribution >= 4 is 5.97 Å². The second kappa shape index (κ2) is 7.14. The average molecular weight is 263 g/mol. The summed E-state index contributed by atoms with van der Waals surface area (Å²) in [6, 6.07) is 7.11. The third-order valence-corrected chi connectivity index (χ3v) is 3.24. The lowest BCUT2D eigenvalue weighted by Crippen LogP contribution is -2.25. The van der Waals surface area contributed by atoms with E-state index in [1.807, 2.05) is 12.1 Å². The Kier molecular flexibility index (Phi) is 5.21. The van der Waals surface area contributed by atoms with Crippen molar-refractivity contribution in [3.05, 3.63) is 29.8 Å². The van der Waals surface area contributed by atoms with E-state index in [1.54, 1.807) is 19.1 Å². The summed E-state index contributed by atoms with van der Waals surface area (Å²) >= 11 is 0. The summed E-state index contributed by atoms with van der Waals surface area (Å²) in [6.07, 6.45) is 2.60. The molecule has 1 aromatic rings. The molecule has 0 amide bonds. The van der Waals surface area contributed by atoms with E-state index in [-0.39, 0.29) is 5.97 Å². The van der Waals surface area contributed by atoms with E-state index in [1.165, 1.54) is 25.9 Å². The predicted molar refractivity (Wildman–Crippen MR) is 73.6 cm³/mol. The van der Waals surface area contributed by atoms with Crippen molar-refractivity contribution < 1.29 is 14.3 Å². The molecule has 2 rings (SSSR count). The summed E-state index contributed by atoms with van der Waals surface area (Å²) in [5, 5.41) is 0. The highest BCUT2D eigenvalue weighted by Crippen LogP contribution is 2.13. The molecular weight excluding hydrogens is 242 g/mol. The molecule has 0 N–H and O–H groups in total. The zero-order valence-corrected chi connectivity index (χ0v) is 11.4. The molecule has 0 atom stereocenters. The van der Waals surface area contributed by atoms with Crippen LogP contribution < -0.4 is 4.74 Å². The van der Waals surface area contributed by atoms with E-state index < -0.39 is 0 Å². The Morgan fingerprint density at radius 1 is 1.21 bits per heavy atom. The number of hydrogen-bond acceptors (Lipinski definition) is 4. The fourth-order valence-electron chi connectivity index (χ4n) is 2.20. The summed E-state index contributed by atoms with van der Waals surface area (Å²) in [7, 11) is 0. The molecule has 104 valence electrons. The molecule has 1 aromatic carbocycles. The minimum absolute atomic E-state index is 0.286. The first-order chi connectivity index (χ1) is 9.29. The number of carbonyl (C=O) groups is 1. The van der Waals surface area contributed by atoms with Crippen LogP contribution in [0.2, 0.25) is 0 Å². The molecule has 0 saturated carbocycles. The zero-order chi connectivity index (χ0) is 13.5. The number of hydrogen-bond donors (Lipinski definition) is 0. The van der Waals surface area contributed by atoms with Gasteiger partial charge in [-0.05, 0) is 57.1 Å². The van der Waals surface area contributed by atoms with Gasteiger partial charge in [-0.15, -0.1) is 0 Å². The first-order valence-corrected chi connectivity index (χ1v) is 6.92. The molecule has 1 saturated heterocycles. The number of esters is 1. The molecule has 1 aliphatic rings. The van der Waals surface area contributed by atoms with Crippen LogP contribution in [0.3, 0.4) is 0 Å². The normalized spacial score (nSPS) is 15.4. The third kappa shape index (κ3) is 4.24. The second-order valence-electron chi connectivity index (χ2n) is 4.64. The van der Waals surface area contributed by atoms with E-state index >= 15 is 0 Å². The minimum atomic E-state index is -0.286. The van der Waals surface area contributed by atoms with Crippen LogP contribution >= 0.6 is 0 Å². The molecule has 0 bridgehead atoms. The number of likely N-dealkylation sites (tertiary alicyclic amines) is 1. The van der Waals surface area contributed by atoms with Gasteiger partial charge in [0.15, 0.2) is 0 Å². The van der Waals surface area contributed by atoms with Crippen LogP contribution in [0.5, 0.6) is 5.75 Å². The summed E-state index contributed by atoms with van der Waals surface area (Å²) in [5.74, 6) is 0.512. The molecule has 0 radical (unpaired) electrons. The van der Waals surface area contributed by atoms with Crippen molar-refractivity contribution in [3.63, 3.8) is 0 Å². The van der Waals surface area contributed by atoms with E-state index in [0.717, 1.165) is 12.3 Å². The van der Waals surface area contributed by atoms with Gasteiger partial charge in [0.25, 0.3) is 0 Å². The lowest BCUT2D eigenvalue weighted by atomic mass is 10.2. The lowest BCUT2D eigenvalue weighted by Gasteiger charge is -2.14. The number of rotatable bonds is 6. The molecule has 0 aromatic heterocycles. The number of carbonyl (C=O) groups excluding carboxylic acids is 1. The topological polar surface area (TPSA) is 38.8 Å². The van der Waals surface area contributed by atoms with Crippen LogP contribution in [0, 0.1) is 0 Å². The monoisotopic (exact) mass is 263 g/mol. The number of ether oxygens (including phenoxy) is 2. The van der Waals surface area contributed by atoms with Gasteiger partial charge in [0.05, 0.1) is 12.2 Å². The predicted octanol–water partition coefficient (Wildman–Crippen LogP) is 2.34. The van der Waals surface area contributed by atoms with Crippen molar-refractivity contribution in [2.24, 2.45) is 0 Å². The highest BCUT2D eigenvalue weighted by atomic mass is 16.5. The maximum absolute atomic E-state index is 11.5. The fraction of sp³-hybridized carbons (Fsp3) is 0.533. The molecule has 0 unspecified atom stereocenters. The molecule has 1 fully saturated rings. The Morgan fingerprint density at radius 2 is 1.89 bits per heavy atom.